The Balaban J connectivity index is 1.78. The molecule has 0 unspecified atom stereocenters. The van der Waals surface area contributed by atoms with Gasteiger partial charge in [-0.15, -0.1) is 0 Å². The molecule has 1 aromatic heterocycles. The van der Waals surface area contributed by atoms with Crippen LogP contribution in [0, 0.1) is 0 Å². The van der Waals surface area contributed by atoms with Crippen molar-refractivity contribution >= 4 is 5.96 Å². The average molecular weight is 360 g/mol. The minimum Gasteiger partial charge on any atom is -0.382 e. The van der Waals surface area contributed by atoms with Gasteiger partial charge in [-0.1, -0.05) is 35.5 Å². The lowest BCUT2D eigenvalue weighted by Gasteiger charge is -2.11. The first-order valence-electron chi connectivity index (χ1n) is 8.93. The Morgan fingerprint density at radius 3 is 2.77 bits per heavy atom. The fourth-order valence-electron chi connectivity index (χ4n) is 2.25. The van der Waals surface area contributed by atoms with Crippen LogP contribution in [0.3, 0.4) is 0 Å². The van der Waals surface area contributed by atoms with Gasteiger partial charge in [-0.3, -0.25) is 0 Å². The average Bonchev–Trinajstić information content (AvgIpc) is 3.15. The Hall–Kier alpha value is -2.38. The van der Waals surface area contributed by atoms with E-state index in [9.17, 15) is 0 Å². The van der Waals surface area contributed by atoms with Gasteiger partial charge in [0.15, 0.2) is 11.7 Å². The van der Waals surface area contributed by atoms with Gasteiger partial charge >= 0.3 is 0 Å². The first kappa shape index (κ1) is 19.9. The highest BCUT2D eigenvalue weighted by molar-refractivity contribution is 5.79. The van der Waals surface area contributed by atoms with Gasteiger partial charge in [0.25, 0.3) is 0 Å². The zero-order chi connectivity index (χ0) is 18.5. The van der Waals surface area contributed by atoms with Crippen molar-refractivity contribution in [2.24, 2.45) is 4.99 Å². The van der Waals surface area contributed by atoms with Crippen LogP contribution < -0.4 is 10.6 Å². The summed E-state index contributed by atoms with van der Waals surface area (Å²) in [4.78, 5) is 4.55. The summed E-state index contributed by atoms with van der Waals surface area (Å²) in [5, 5.41) is 10.6. The topological polar surface area (TPSA) is 80.9 Å². The van der Waals surface area contributed by atoms with Crippen LogP contribution in [0.15, 0.2) is 45.9 Å². The van der Waals surface area contributed by atoms with E-state index >= 15 is 0 Å². The Morgan fingerprint density at radius 2 is 2.00 bits per heavy atom. The number of aromatic nitrogens is 1. The molecule has 2 rings (SSSR count). The molecule has 7 heteroatoms. The van der Waals surface area contributed by atoms with Gasteiger partial charge in [0.05, 0.1) is 19.8 Å². The SMILES string of the molecule is CCNC(=NCc1cc(-c2ccccc2)on1)NCCCOCCOC. The molecule has 0 radical (unpaired) electrons. The zero-order valence-corrected chi connectivity index (χ0v) is 15.5. The predicted molar refractivity (Wildman–Crippen MR) is 102 cm³/mol. The molecule has 0 aliphatic heterocycles. The lowest BCUT2D eigenvalue weighted by molar-refractivity contribution is 0.0698. The second-order valence-electron chi connectivity index (χ2n) is 5.63. The molecule has 0 fully saturated rings. The van der Waals surface area contributed by atoms with E-state index in [1.165, 1.54) is 0 Å². The lowest BCUT2D eigenvalue weighted by Crippen LogP contribution is -2.38. The quantitative estimate of drug-likeness (QED) is 0.364. The molecule has 26 heavy (non-hydrogen) atoms. The molecular formula is C19H28N4O3. The summed E-state index contributed by atoms with van der Waals surface area (Å²) in [6, 6.07) is 11.8. The van der Waals surface area contributed by atoms with Crippen molar-refractivity contribution in [3.05, 3.63) is 42.1 Å². The summed E-state index contributed by atoms with van der Waals surface area (Å²) in [6.45, 7) is 6.02. The molecule has 2 N–H and O–H groups in total. The van der Waals surface area contributed by atoms with E-state index in [1.807, 2.05) is 43.3 Å². The van der Waals surface area contributed by atoms with Crippen molar-refractivity contribution in [1.82, 2.24) is 15.8 Å². The van der Waals surface area contributed by atoms with Crippen molar-refractivity contribution < 1.29 is 14.0 Å². The van der Waals surface area contributed by atoms with Crippen LogP contribution in [0.2, 0.25) is 0 Å². The normalized spacial score (nSPS) is 11.5. The van der Waals surface area contributed by atoms with Crippen LogP contribution in [0.5, 0.6) is 0 Å². The molecule has 0 atom stereocenters. The molecule has 142 valence electrons. The third-order valence-electron chi connectivity index (χ3n) is 3.55. The van der Waals surface area contributed by atoms with Crippen LogP contribution in [0.4, 0.5) is 0 Å². The first-order valence-corrected chi connectivity index (χ1v) is 8.93. The molecule has 1 aromatic carbocycles. The number of methoxy groups -OCH3 is 1. The highest BCUT2D eigenvalue weighted by Gasteiger charge is 2.06. The van der Waals surface area contributed by atoms with Crippen LogP contribution in [0.1, 0.15) is 19.0 Å². The van der Waals surface area contributed by atoms with Gasteiger partial charge in [-0.2, -0.15) is 0 Å². The second-order valence-corrected chi connectivity index (χ2v) is 5.63. The number of nitrogens with zero attached hydrogens (tertiary/aromatic N) is 2. The van der Waals surface area contributed by atoms with Gasteiger partial charge < -0.3 is 24.6 Å². The molecular weight excluding hydrogens is 332 g/mol. The molecule has 0 saturated carbocycles. The smallest absolute Gasteiger partial charge is 0.191 e. The number of benzene rings is 1. The molecule has 2 aromatic rings. The lowest BCUT2D eigenvalue weighted by atomic mass is 10.2. The summed E-state index contributed by atoms with van der Waals surface area (Å²) in [6.07, 6.45) is 0.899. The number of ether oxygens (including phenoxy) is 2. The summed E-state index contributed by atoms with van der Waals surface area (Å²) in [7, 11) is 1.67. The number of hydrogen-bond acceptors (Lipinski definition) is 5. The highest BCUT2D eigenvalue weighted by Crippen LogP contribution is 2.19. The molecule has 0 bridgehead atoms. The standard InChI is InChI=1S/C19H28N4O3/c1-3-20-19(21-10-7-11-25-13-12-24-2)22-15-17-14-18(26-23-17)16-8-5-4-6-9-16/h4-6,8-9,14H,3,7,10-13,15H2,1-2H3,(H2,20,21,22). The summed E-state index contributed by atoms with van der Waals surface area (Å²) in [5.74, 6) is 1.51. The van der Waals surface area contributed by atoms with E-state index in [4.69, 9.17) is 14.0 Å². The molecule has 0 aliphatic rings. The van der Waals surface area contributed by atoms with Crippen LogP contribution in [-0.2, 0) is 16.0 Å². The number of hydrogen-bond donors (Lipinski definition) is 2. The molecule has 0 aliphatic carbocycles. The van der Waals surface area contributed by atoms with Crippen LogP contribution in [-0.4, -0.2) is 51.1 Å². The van der Waals surface area contributed by atoms with E-state index in [0.717, 1.165) is 42.5 Å². The number of aliphatic imine (C=N–C) groups is 1. The van der Waals surface area contributed by atoms with Crippen molar-refractivity contribution in [2.45, 2.75) is 19.9 Å². The van der Waals surface area contributed by atoms with Crippen molar-refractivity contribution in [2.75, 3.05) is 40.0 Å². The van der Waals surface area contributed by atoms with Gasteiger partial charge in [-0.05, 0) is 13.3 Å². The van der Waals surface area contributed by atoms with Crippen molar-refractivity contribution in [3.8, 4) is 11.3 Å². The maximum absolute atomic E-state index is 5.44. The molecule has 0 amide bonds. The molecule has 0 spiro atoms. The largest absolute Gasteiger partial charge is 0.382 e. The van der Waals surface area contributed by atoms with E-state index in [-0.39, 0.29) is 0 Å². The Bertz CT molecular complexity index is 643. The third-order valence-corrected chi connectivity index (χ3v) is 3.55. The van der Waals surface area contributed by atoms with Crippen LogP contribution in [0.25, 0.3) is 11.3 Å². The minimum atomic E-state index is 0.454. The molecule has 1 heterocycles. The second kappa shape index (κ2) is 12.1. The summed E-state index contributed by atoms with van der Waals surface area (Å²) < 4.78 is 15.8. The fraction of sp³-hybridized carbons (Fsp3) is 0.474. The zero-order valence-electron chi connectivity index (χ0n) is 15.5. The molecule has 0 saturated heterocycles. The molecule has 7 nitrogen and oxygen atoms in total. The Labute approximate surface area is 154 Å². The fourth-order valence-corrected chi connectivity index (χ4v) is 2.25. The monoisotopic (exact) mass is 360 g/mol. The number of rotatable bonds is 11. The Morgan fingerprint density at radius 1 is 1.15 bits per heavy atom. The predicted octanol–water partition coefficient (Wildman–Crippen LogP) is 2.45. The van der Waals surface area contributed by atoms with Gasteiger partial charge in [0.2, 0.25) is 0 Å². The number of nitrogens with one attached hydrogen (secondary N) is 2. The summed E-state index contributed by atoms with van der Waals surface area (Å²) in [5.41, 5.74) is 1.80. The maximum Gasteiger partial charge on any atom is 0.191 e. The van der Waals surface area contributed by atoms with Gasteiger partial charge in [-0.25, -0.2) is 4.99 Å². The maximum atomic E-state index is 5.44. The van der Waals surface area contributed by atoms with Crippen LogP contribution >= 0.6 is 0 Å². The van der Waals surface area contributed by atoms with Gasteiger partial charge in [0.1, 0.15) is 5.69 Å². The van der Waals surface area contributed by atoms with E-state index in [0.29, 0.717) is 26.4 Å². The highest BCUT2D eigenvalue weighted by atomic mass is 16.5. The van der Waals surface area contributed by atoms with E-state index in [2.05, 4.69) is 20.8 Å². The minimum absolute atomic E-state index is 0.454. The van der Waals surface area contributed by atoms with Crippen molar-refractivity contribution in [1.29, 1.82) is 0 Å². The van der Waals surface area contributed by atoms with Crippen molar-refractivity contribution in [3.63, 3.8) is 0 Å². The third kappa shape index (κ3) is 7.25. The number of guanidine groups is 1. The Kier molecular flexibility index (Phi) is 9.24. The summed E-state index contributed by atoms with van der Waals surface area (Å²) >= 11 is 0. The van der Waals surface area contributed by atoms with E-state index < -0.39 is 0 Å². The van der Waals surface area contributed by atoms with Gasteiger partial charge in [0, 0.05) is 38.4 Å². The van der Waals surface area contributed by atoms with E-state index in [1.54, 1.807) is 7.11 Å². The first-order chi connectivity index (χ1) is 12.8.